The van der Waals surface area contributed by atoms with E-state index in [1.165, 1.54) is 0 Å². The molecular weight excluding hydrogens is 277 g/mol. The van der Waals surface area contributed by atoms with Gasteiger partial charge in [0.25, 0.3) is 0 Å². The van der Waals surface area contributed by atoms with Crippen LogP contribution in [-0.2, 0) is 4.79 Å². The van der Waals surface area contributed by atoms with Crippen LogP contribution in [0.2, 0.25) is 0 Å². The van der Waals surface area contributed by atoms with Crippen molar-refractivity contribution in [2.75, 3.05) is 27.7 Å². The molecule has 13 heavy (non-hydrogen) atoms. The Balaban J connectivity index is 0. The minimum atomic E-state index is 0. The Labute approximate surface area is 98.6 Å². The number of hydrogen-bond donors (Lipinski definition) is 0. The predicted molar refractivity (Wildman–Crippen MR) is 52.0 cm³/mol. The van der Waals surface area contributed by atoms with Gasteiger partial charge in [-0.3, -0.25) is 4.79 Å². The van der Waals surface area contributed by atoms with Crippen LogP contribution in [-0.4, -0.2) is 38.0 Å². The van der Waals surface area contributed by atoms with Crippen LogP contribution in [0, 0.1) is 0 Å². The Kier molecular flexibility index (Phi) is 7.83. The molecule has 0 unspecified atom stereocenters. The monoisotopic (exact) mass is 297 g/mol. The zero-order valence-corrected chi connectivity index (χ0v) is 11.4. The lowest BCUT2D eigenvalue weighted by atomic mass is 10.2. The molecule has 0 aliphatic rings. The summed E-state index contributed by atoms with van der Waals surface area (Å²) in [6.07, 6.45) is 2.37. The van der Waals surface area contributed by atoms with Crippen LogP contribution in [0.25, 0.3) is 0 Å². The van der Waals surface area contributed by atoms with E-state index in [-0.39, 0.29) is 29.8 Å². The summed E-state index contributed by atoms with van der Waals surface area (Å²) in [6, 6.07) is 0. The highest BCUT2D eigenvalue weighted by Gasteiger charge is 2.08. The number of ketones is 1. The topological polar surface area (TPSA) is 17.1 Å². The van der Waals surface area contributed by atoms with Gasteiger partial charge in [-0.25, -0.2) is 0 Å². The van der Waals surface area contributed by atoms with Crippen molar-refractivity contribution >= 4 is 5.78 Å². The van der Waals surface area contributed by atoms with Crippen molar-refractivity contribution in [3.8, 4) is 0 Å². The fraction of sp³-hybridized carbons (Fsp3) is 0.700. The average Bonchev–Trinajstić information content (AvgIpc) is 1.80. The van der Waals surface area contributed by atoms with E-state index in [2.05, 4.69) is 21.1 Å². The van der Waals surface area contributed by atoms with Crippen LogP contribution in [0.3, 0.4) is 0 Å². The maximum atomic E-state index is 11.2. The summed E-state index contributed by atoms with van der Waals surface area (Å²) in [5, 5.41) is 0. The average molecular weight is 297 g/mol. The number of carbonyl (C=O) groups is 1. The van der Waals surface area contributed by atoms with Crippen LogP contribution >= 0.6 is 0 Å². The largest absolute Gasteiger partial charge is 1.00 e. The van der Waals surface area contributed by atoms with Gasteiger partial charge in [-0.2, -0.15) is 0 Å². The summed E-state index contributed by atoms with van der Waals surface area (Å²) in [6.45, 7) is 4.80. The van der Waals surface area contributed by atoms with E-state index in [1.54, 1.807) is 6.08 Å². The van der Waals surface area contributed by atoms with Gasteiger partial charge >= 0.3 is 0 Å². The van der Waals surface area contributed by atoms with Gasteiger partial charge in [0.15, 0.2) is 5.78 Å². The Morgan fingerprint density at radius 2 is 1.69 bits per heavy atom. The SMILES string of the molecule is CC(C)=CC(=O)CC[N+](C)(C)C.[I-]. The van der Waals surface area contributed by atoms with Crippen molar-refractivity contribution in [1.29, 1.82) is 0 Å². The molecule has 0 saturated carbocycles. The molecule has 0 spiro atoms. The van der Waals surface area contributed by atoms with Crippen molar-refractivity contribution < 1.29 is 33.3 Å². The molecule has 3 heteroatoms. The van der Waals surface area contributed by atoms with Gasteiger partial charge in [-0.1, -0.05) is 5.57 Å². The van der Waals surface area contributed by atoms with Gasteiger partial charge in [0.1, 0.15) is 0 Å². The van der Waals surface area contributed by atoms with Crippen LogP contribution in [0.4, 0.5) is 0 Å². The standard InChI is InChI=1S/C10H20NO.HI/c1-9(2)8-10(12)6-7-11(3,4)5;/h8H,6-7H2,1-5H3;1H/q+1;/p-1. The van der Waals surface area contributed by atoms with Crippen molar-refractivity contribution in [2.24, 2.45) is 0 Å². The summed E-state index contributed by atoms with van der Waals surface area (Å²) in [5.74, 6) is 0.239. The third kappa shape index (κ3) is 12.1. The normalized spacial score (nSPS) is 10.2. The van der Waals surface area contributed by atoms with Gasteiger partial charge in [0, 0.05) is 0 Å². The molecule has 0 N–H and O–H groups in total. The van der Waals surface area contributed by atoms with Crippen molar-refractivity contribution in [2.45, 2.75) is 20.3 Å². The maximum absolute atomic E-state index is 11.2. The third-order valence-corrected chi connectivity index (χ3v) is 1.48. The molecule has 0 heterocycles. The number of nitrogens with zero attached hydrogens (tertiary/aromatic N) is 1. The molecule has 0 rings (SSSR count). The first kappa shape index (κ1) is 15.6. The fourth-order valence-corrected chi connectivity index (χ4v) is 0.840. The molecule has 0 aliphatic carbocycles. The molecule has 0 amide bonds. The highest BCUT2D eigenvalue weighted by Crippen LogP contribution is 1.97. The van der Waals surface area contributed by atoms with Gasteiger partial charge in [0.05, 0.1) is 34.1 Å². The first-order valence-electron chi connectivity index (χ1n) is 4.29. The molecule has 0 saturated heterocycles. The number of hydrogen-bond acceptors (Lipinski definition) is 1. The Morgan fingerprint density at radius 1 is 1.23 bits per heavy atom. The van der Waals surface area contributed by atoms with Crippen molar-refractivity contribution in [1.82, 2.24) is 0 Å². The second kappa shape index (κ2) is 6.54. The van der Waals surface area contributed by atoms with E-state index >= 15 is 0 Å². The Morgan fingerprint density at radius 3 is 2.00 bits per heavy atom. The third-order valence-electron chi connectivity index (χ3n) is 1.48. The number of allylic oxidation sites excluding steroid dienone is 2. The van der Waals surface area contributed by atoms with E-state index in [1.807, 2.05) is 13.8 Å². The lowest BCUT2D eigenvalue weighted by molar-refractivity contribution is -0.869. The molecule has 0 bridgehead atoms. The molecule has 78 valence electrons. The van der Waals surface area contributed by atoms with Gasteiger partial charge in [-0.05, 0) is 19.9 Å². The van der Waals surface area contributed by atoms with Gasteiger partial charge in [0.2, 0.25) is 0 Å². The molecule has 0 aromatic rings. The van der Waals surface area contributed by atoms with Crippen LogP contribution in [0.5, 0.6) is 0 Å². The van der Waals surface area contributed by atoms with E-state index < -0.39 is 0 Å². The van der Waals surface area contributed by atoms with Crippen molar-refractivity contribution in [3.05, 3.63) is 11.6 Å². The molecule has 0 aliphatic heterocycles. The first-order valence-corrected chi connectivity index (χ1v) is 4.29. The number of rotatable bonds is 4. The van der Waals surface area contributed by atoms with Crippen LogP contribution in [0.15, 0.2) is 11.6 Å². The zero-order valence-electron chi connectivity index (χ0n) is 9.22. The quantitative estimate of drug-likeness (QED) is 0.355. The van der Waals surface area contributed by atoms with Crippen LogP contribution in [0.1, 0.15) is 20.3 Å². The second-order valence-corrected chi connectivity index (χ2v) is 4.45. The molecule has 2 nitrogen and oxygen atoms in total. The lowest BCUT2D eigenvalue weighted by Crippen LogP contribution is -3.00. The Bertz CT molecular complexity index is 188. The van der Waals surface area contributed by atoms with E-state index in [4.69, 9.17) is 0 Å². The summed E-state index contributed by atoms with van der Waals surface area (Å²) in [4.78, 5) is 11.2. The minimum Gasteiger partial charge on any atom is -1.00 e. The highest BCUT2D eigenvalue weighted by atomic mass is 127. The minimum absolute atomic E-state index is 0. The second-order valence-electron chi connectivity index (χ2n) is 4.45. The van der Waals surface area contributed by atoms with E-state index in [0.29, 0.717) is 6.42 Å². The van der Waals surface area contributed by atoms with Crippen LogP contribution < -0.4 is 24.0 Å². The number of halogens is 1. The first-order chi connectivity index (χ1) is 5.31. The molecule has 0 aromatic carbocycles. The van der Waals surface area contributed by atoms with E-state index in [0.717, 1.165) is 16.6 Å². The van der Waals surface area contributed by atoms with E-state index in [9.17, 15) is 4.79 Å². The summed E-state index contributed by atoms with van der Waals surface area (Å²) in [7, 11) is 6.28. The predicted octanol–water partition coefficient (Wildman–Crippen LogP) is -1.38. The maximum Gasteiger partial charge on any atom is 0.161 e. The summed E-state index contributed by atoms with van der Waals surface area (Å²) >= 11 is 0. The molecule has 0 atom stereocenters. The molecule has 0 aromatic heterocycles. The zero-order chi connectivity index (χ0) is 9.78. The lowest BCUT2D eigenvalue weighted by Gasteiger charge is -2.22. The number of carbonyl (C=O) groups excluding carboxylic acids is 1. The number of quaternary nitrogens is 1. The molecular formula is C10H20INO. The van der Waals surface area contributed by atoms with Crippen molar-refractivity contribution in [3.63, 3.8) is 0 Å². The molecule has 0 radical (unpaired) electrons. The Hall–Kier alpha value is 0.1000. The van der Waals surface area contributed by atoms with Gasteiger partial charge < -0.3 is 28.5 Å². The summed E-state index contributed by atoms with van der Waals surface area (Å²) < 4.78 is 0.850. The summed E-state index contributed by atoms with van der Waals surface area (Å²) in [5.41, 5.74) is 1.08. The van der Waals surface area contributed by atoms with Gasteiger partial charge in [-0.15, -0.1) is 0 Å². The molecule has 0 fully saturated rings. The fourth-order valence-electron chi connectivity index (χ4n) is 0.840. The highest BCUT2D eigenvalue weighted by molar-refractivity contribution is 5.90. The smallest absolute Gasteiger partial charge is 0.161 e.